The molecular formula is C42H51ClN4O5. The van der Waals surface area contributed by atoms with E-state index in [9.17, 15) is 15.5 Å². The zero-order valence-electron chi connectivity index (χ0n) is 30.3. The SMILES string of the molecule is CC1(C)C(c2ccccc2)=CC=CC1(COc1cc(OCc2cncc(C#N)c2)c(CN2CCCCC2CO)cc1Cl)OCCCN1CC[C@@H](O)C1. The Morgan fingerprint density at radius 3 is 2.65 bits per heavy atom. The lowest BCUT2D eigenvalue weighted by Gasteiger charge is -2.47. The number of allylic oxidation sites excluding steroid dienone is 2. The van der Waals surface area contributed by atoms with E-state index >= 15 is 0 Å². The van der Waals surface area contributed by atoms with E-state index in [4.69, 9.17) is 25.8 Å². The van der Waals surface area contributed by atoms with Crippen LogP contribution in [-0.4, -0.2) is 88.7 Å². The first-order valence-electron chi connectivity index (χ1n) is 18.5. The van der Waals surface area contributed by atoms with Crippen LogP contribution in [0.1, 0.15) is 68.2 Å². The summed E-state index contributed by atoms with van der Waals surface area (Å²) in [5, 5.41) is 30.0. The van der Waals surface area contributed by atoms with Crippen LogP contribution in [0.5, 0.6) is 11.5 Å². The van der Waals surface area contributed by atoms with Gasteiger partial charge in [0.05, 0.1) is 23.3 Å². The molecule has 2 unspecified atom stereocenters. The van der Waals surface area contributed by atoms with Crippen LogP contribution in [0.25, 0.3) is 5.57 Å². The fraction of sp³-hybridized carbons (Fsp3) is 0.476. The quantitative estimate of drug-likeness (QED) is 0.163. The second-order valence-corrected chi connectivity index (χ2v) is 15.1. The average Bonchev–Trinajstić information content (AvgIpc) is 3.58. The van der Waals surface area contributed by atoms with Gasteiger partial charge in [-0.25, -0.2) is 0 Å². The van der Waals surface area contributed by atoms with E-state index in [1.807, 2.05) is 18.2 Å². The van der Waals surface area contributed by atoms with Gasteiger partial charge in [-0.15, -0.1) is 0 Å². The normalized spacial score (nSPS) is 23.3. The number of aliphatic hydroxyl groups excluding tert-OH is 2. The molecule has 276 valence electrons. The lowest BCUT2D eigenvalue weighted by Crippen LogP contribution is -2.52. The van der Waals surface area contributed by atoms with E-state index in [-0.39, 0.29) is 32.0 Å². The summed E-state index contributed by atoms with van der Waals surface area (Å²) in [7, 11) is 0. The lowest BCUT2D eigenvalue weighted by atomic mass is 9.65. The van der Waals surface area contributed by atoms with Gasteiger partial charge in [0, 0.05) is 73.8 Å². The Morgan fingerprint density at radius 1 is 1.04 bits per heavy atom. The molecule has 52 heavy (non-hydrogen) atoms. The molecule has 0 bridgehead atoms. The number of hydrogen-bond acceptors (Lipinski definition) is 9. The highest BCUT2D eigenvalue weighted by Gasteiger charge is 2.49. The van der Waals surface area contributed by atoms with Crippen LogP contribution in [0.4, 0.5) is 0 Å². The summed E-state index contributed by atoms with van der Waals surface area (Å²) < 4.78 is 20.0. The second-order valence-electron chi connectivity index (χ2n) is 14.7. The Morgan fingerprint density at radius 2 is 1.88 bits per heavy atom. The molecule has 0 amide bonds. The molecule has 2 fully saturated rings. The van der Waals surface area contributed by atoms with Crippen LogP contribution in [0.3, 0.4) is 0 Å². The summed E-state index contributed by atoms with van der Waals surface area (Å²) in [5.41, 5.74) is 3.11. The maximum atomic E-state index is 10.1. The number of nitrogens with zero attached hydrogens (tertiary/aromatic N) is 4. The number of β-amino-alcohol motifs (C(OH)–C–C–N with tert-alkyl or cyclic N) is 1. The zero-order valence-corrected chi connectivity index (χ0v) is 31.1. The molecule has 0 radical (unpaired) electrons. The van der Waals surface area contributed by atoms with Crippen LogP contribution < -0.4 is 9.47 Å². The minimum atomic E-state index is -0.827. The Balaban J connectivity index is 1.27. The fourth-order valence-electron chi connectivity index (χ4n) is 7.69. The molecule has 9 nitrogen and oxygen atoms in total. The Hall–Kier alpha value is -3.75. The fourth-order valence-corrected chi connectivity index (χ4v) is 7.93. The van der Waals surface area contributed by atoms with Gasteiger partial charge < -0.3 is 29.3 Å². The molecule has 1 aromatic heterocycles. The van der Waals surface area contributed by atoms with Gasteiger partial charge in [0.2, 0.25) is 0 Å². The summed E-state index contributed by atoms with van der Waals surface area (Å²) in [6.45, 7) is 9.35. The molecule has 2 N–H and O–H groups in total. The number of hydrogen-bond donors (Lipinski definition) is 2. The van der Waals surface area contributed by atoms with Crippen molar-refractivity contribution in [2.24, 2.45) is 5.41 Å². The molecule has 2 aliphatic heterocycles. The number of nitriles is 1. The van der Waals surface area contributed by atoms with E-state index in [2.05, 4.69) is 77.2 Å². The van der Waals surface area contributed by atoms with Gasteiger partial charge in [-0.05, 0) is 61.6 Å². The van der Waals surface area contributed by atoms with Crippen molar-refractivity contribution in [3.63, 3.8) is 0 Å². The Labute approximate surface area is 313 Å². The maximum absolute atomic E-state index is 10.1. The third-order valence-corrected chi connectivity index (χ3v) is 11.2. The molecule has 2 saturated heterocycles. The monoisotopic (exact) mass is 726 g/mol. The predicted molar refractivity (Wildman–Crippen MR) is 203 cm³/mol. The van der Waals surface area contributed by atoms with Crippen molar-refractivity contribution in [3.05, 3.63) is 106 Å². The predicted octanol–water partition coefficient (Wildman–Crippen LogP) is 6.80. The highest BCUT2D eigenvalue weighted by atomic mass is 35.5. The van der Waals surface area contributed by atoms with Crippen LogP contribution in [0.2, 0.25) is 5.02 Å². The van der Waals surface area contributed by atoms with E-state index < -0.39 is 11.0 Å². The summed E-state index contributed by atoms with van der Waals surface area (Å²) >= 11 is 7.03. The Bertz CT molecular complexity index is 1760. The topological polar surface area (TPSA) is 111 Å². The number of aromatic nitrogens is 1. The molecule has 3 aromatic rings. The van der Waals surface area contributed by atoms with E-state index in [1.165, 1.54) is 6.20 Å². The molecule has 6 rings (SSSR count). The van der Waals surface area contributed by atoms with Crippen LogP contribution in [0, 0.1) is 16.7 Å². The number of benzene rings is 2. The standard InChI is InChI=1S/C42H51ClN4O5/c1-41(2)37(33-10-4-3-5-11-33)13-8-15-42(41,52-19-9-16-46-18-14-36(49)27-46)30-51-40-22-39(50-29-32-20-31(23-44)24-45-25-32)34(21-38(40)43)26-47-17-7-6-12-35(47)28-48/h3-5,8,10-11,13,15,20-22,24-25,35-36,48-49H,6-7,9,12,14,16-19,26-30H2,1-2H3/t35?,36-,42?/m1/s1. The van der Waals surface area contributed by atoms with E-state index in [1.54, 1.807) is 12.3 Å². The minimum absolute atomic E-state index is 0.0764. The largest absolute Gasteiger partial charge is 0.488 e. The number of aliphatic hydroxyl groups is 2. The number of ether oxygens (including phenoxy) is 3. The van der Waals surface area contributed by atoms with Gasteiger partial charge in [0.25, 0.3) is 0 Å². The average molecular weight is 727 g/mol. The van der Waals surface area contributed by atoms with Crippen molar-refractivity contribution in [1.82, 2.24) is 14.8 Å². The van der Waals surface area contributed by atoms with Crippen molar-refractivity contribution in [1.29, 1.82) is 5.26 Å². The smallest absolute Gasteiger partial charge is 0.141 e. The molecule has 10 heteroatoms. The van der Waals surface area contributed by atoms with Gasteiger partial charge >= 0.3 is 0 Å². The van der Waals surface area contributed by atoms with Crippen LogP contribution in [0.15, 0.2) is 79.2 Å². The van der Waals surface area contributed by atoms with Crippen molar-refractivity contribution >= 4 is 17.2 Å². The number of pyridine rings is 1. The number of halogens is 1. The molecule has 3 aliphatic rings. The summed E-state index contributed by atoms with van der Waals surface area (Å²) in [4.78, 5) is 8.78. The van der Waals surface area contributed by atoms with Gasteiger partial charge in [-0.1, -0.05) is 74.4 Å². The molecule has 3 atom stereocenters. The van der Waals surface area contributed by atoms with Gasteiger partial charge in [-0.3, -0.25) is 9.88 Å². The molecule has 3 heterocycles. The number of likely N-dealkylation sites (tertiary alicyclic amines) is 2. The summed E-state index contributed by atoms with van der Waals surface area (Å²) in [5.74, 6) is 1.10. The molecule has 2 aromatic carbocycles. The van der Waals surface area contributed by atoms with Crippen LogP contribution in [-0.2, 0) is 17.9 Å². The Kier molecular flexibility index (Phi) is 12.7. The number of piperidine rings is 1. The molecule has 0 spiro atoms. The highest BCUT2D eigenvalue weighted by molar-refractivity contribution is 6.32. The maximum Gasteiger partial charge on any atom is 0.141 e. The zero-order chi connectivity index (χ0) is 36.6. The number of rotatable bonds is 15. The van der Waals surface area contributed by atoms with E-state index in [0.717, 1.165) is 74.0 Å². The van der Waals surface area contributed by atoms with Crippen LogP contribution >= 0.6 is 11.6 Å². The van der Waals surface area contributed by atoms with Gasteiger partial charge in [-0.2, -0.15) is 5.26 Å². The van der Waals surface area contributed by atoms with Crippen molar-refractivity contribution < 1.29 is 24.4 Å². The van der Waals surface area contributed by atoms with E-state index in [0.29, 0.717) is 41.8 Å². The molecule has 0 saturated carbocycles. The minimum Gasteiger partial charge on any atom is -0.488 e. The first-order valence-corrected chi connectivity index (χ1v) is 18.9. The van der Waals surface area contributed by atoms with Gasteiger partial charge in [0.15, 0.2) is 0 Å². The van der Waals surface area contributed by atoms with Crippen molar-refractivity contribution in [3.8, 4) is 17.6 Å². The van der Waals surface area contributed by atoms with Gasteiger partial charge in [0.1, 0.15) is 36.4 Å². The lowest BCUT2D eigenvalue weighted by molar-refractivity contribution is -0.0926. The third-order valence-electron chi connectivity index (χ3n) is 10.9. The third kappa shape index (κ3) is 8.88. The first-order chi connectivity index (χ1) is 25.2. The molecule has 1 aliphatic carbocycles. The second kappa shape index (κ2) is 17.4. The first kappa shape index (κ1) is 38.0. The van der Waals surface area contributed by atoms with Crippen molar-refractivity contribution in [2.75, 3.05) is 46.0 Å². The van der Waals surface area contributed by atoms with Crippen molar-refractivity contribution in [2.45, 2.75) is 76.9 Å². The summed E-state index contributed by atoms with van der Waals surface area (Å²) in [6.07, 6.45) is 14.1. The molecular weight excluding hydrogens is 676 g/mol. The highest BCUT2D eigenvalue weighted by Crippen LogP contribution is 2.49. The summed E-state index contributed by atoms with van der Waals surface area (Å²) in [6, 6.07) is 18.1.